The monoisotopic (exact) mass is 644 g/mol. The molecule has 2 aromatic carbocycles. The molecule has 5 rings (SSSR count). The van der Waals surface area contributed by atoms with Crippen molar-refractivity contribution in [2.75, 3.05) is 38.8 Å². The second-order valence-corrected chi connectivity index (χ2v) is 14.6. The zero-order chi connectivity index (χ0) is 31.3. The molecule has 1 amide bonds. The van der Waals surface area contributed by atoms with E-state index < -0.39 is 21.8 Å². The largest absolute Gasteiger partial charge is 0.487 e. The Hall–Kier alpha value is -2.59. The van der Waals surface area contributed by atoms with Crippen LogP contribution in [0.25, 0.3) is 0 Å². The van der Waals surface area contributed by atoms with Gasteiger partial charge in [0.1, 0.15) is 12.4 Å². The molecule has 5 atom stereocenters. The summed E-state index contributed by atoms with van der Waals surface area (Å²) in [5.74, 6) is 0.218. The van der Waals surface area contributed by atoms with Crippen LogP contribution in [0.5, 0.6) is 5.75 Å². The molecule has 3 aliphatic rings. The first kappa shape index (κ1) is 32.8. The number of nitrogens with one attached hydrogen (secondary N) is 1. The van der Waals surface area contributed by atoms with Crippen LogP contribution in [0.4, 0.5) is 5.69 Å². The molecule has 2 aromatic rings. The number of allylic oxidation sites excluding steroid dienone is 1. The van der Waals surface area contributed by atoms with Crippen molar-refractivity contribution in [1.29, 1.82) is 0 Å². The predicted octanol–water partition coefficient (Wildman–Crippen LogP) is 6.16. The van der Waals surface area contributed by atoms with Gasteiger partial charge >= 0.3 is 0 Å². The molecular weight excluding hydrogens is 600 g/mol. The summed E-state index contributed by atoms with van der Waals surface area (Å²) in [4.78, 5) is 15.8. The lowest BCUT2D eigenvalue weighted by atomic mass is 9.70. The Kier molecular flexibility index (Phi) is 10.9. The molecule has 1 saturated carbocycles. The number of carbonyl (C=O) groups is 1. The first-order valence-corrected chi connectivity index (χ1v) is 17.6. The van der Waals surface area contributed by atoms with Gasteiger partial charge in [-0.2, -0.15) is 0 Å². The average Bonchev–Trinajstić information content (AvgIpc) is 3.01. The number of nitrogens with zero attached hydrogens (tertiary/aromatic N) is 1. The number of aryl methyl sites for hydroxylation is 1. The van der Waals surface area contributed by atoms with Crippen molar-refractivity contribution >= 4 is 33.2 Å². The lowest BCUT2D eigenvalue weighted by Gasteiger charge is -2.43. The normalized spacial score (nSPS) is 28.2. The Bertz CT molecular complexity index is 1450. The van der Waals surface area contributed by atoms with Crippen molar-refractivity contribution in [3.63, 3.8) is 0 Å². The van der Waals surface area contributed by atoms with Crippen molar-refractivity contribution in [1.82, 2.24) is 4.72 Å². The molecule has 0 spiro atoms. The second kappa shape index (κ2) is 14.7. The molecule has 2 bridgehead atoms. The van der Waals surface area contributed by atoms with E-state index >= 15 is 0 Å². The van der Waals surface area contributed by atoms with Gasteiger partial charge in [-0.3, -0.25) is 4.79 Å². The number of ether oxygens (including phenoxy) is 3. The summed E-state index contributed by atoms with van der Waals surface area (Å²) in [6.45, 7) is 4.19. The summed E-state index contributed by atoms with van der Waals surface area (Å²) in [7, 11) is -0.793. The first-order valence-electron chi connectivity index (χ1n) is 15.7. The fourth-order valence-corrected chi connectivity index (χ4v) is 8.04. The molecule has 1 N–H and O–H groups in total. The van der Waals surface area contributed by atoms with Crippen LogP contribution in [0, 0.1) is 23.7 Å². The molecule has 0 aromatic heterocycles. The van der Waals surface area contributed by atoms with E-state index in [0.29, 0.717) is 48.7 Å². The predicted molar refractivity (Wildman–Crippen MR) is 173 cm³/mol. The van der Waals surface area contributed by atoms with Crippen LogP contribution in [0.1, 0.15) is 56.6 Å². The molecule has 2 aliphatic heterocycles. The Morgan fingerprint density at radius 3 is 2.68 bits per heavy atom. The fourth-order valence-electron chi connectivity index (χ4n) is 6.80. The van der Waals surface area contributed by atoms with Crippen molar-refractivity contribution in [2.24, 2.45) is 23.7 Å². The van der Waals surface area contributed by atoms with E-state index in [1.165, 1.54) is 11.6 Å². The van der Waals surface area contributed by atoms with Gasteiger partial charge in [-0.05, 0) is 104 Å². The zero-order valence-electron chi connectivity index (χ0n) is 26.0. The van der Waals surface area contributed by atoms with Crippen molar-refractivity contribution in [3.8, 4) is 5.75 Å². The molecule has 0 unspecified atom stereocenters. The molecule has 240 valence electrons. The van der Waals surface area contributed by atoms with Gasteiger partial charge in [0.05, 0.1) is 16.7 Å². The average molecular weight is 645 g/mol. The minimum atomic E-state index is -4.14. The van der Waals surface area contributed by atoms with Gasteiger partial charge in [0.2, 0.25) is 5.91 Å². The zero-order valence-corrected chi connectivity index (χ0v) is 27.5. The van der Waals surface area contributed by atoms with Gasteiger partial charge in [-0.25, -0.2) is 13.1 Å². The summed E-state index contributed by atoms with van der Waals surface area (Å²) in [5, 5.41) is 0.707. The van der Waals surface area contributed by atoms with Crippen LogP contribution in [-0.2, 0) is 37.3 Å². The Balaban J connectivity index is 1.55. The number of rotatable bonds is 4. The van der Waals surface area contributed by atoms with Gasteiger partial charge in [0, 0.05) is 44.9 Å². The maximum atomic E-state index is 13.7. The topological polar surface area (TPSA) is 94.2 Å². The summed E-state index contributed by atoms with van der Waals surface area (Å²) in [5.41, 5.74) is 2.97. The molecular formula is C34H45ClN2O6S. The van der Waals surface area contributed by atoms with E-state index in [0.717, 1.165) is 56.4 Å². The first-order chi connectivity index (χ1) is 21.2. The third-order valence-electron chi connectivity index (χ3n) is 9.61. The molecule has 0 saturated heterocycles. The molecule has 2 heterocycles. The van der Waals surface area contributed by atoms with E-state index in [4.69, 9.17) is 25.8 Å². The van der Waals surface area contributed by atoms with Crippen molar-refractivity contribution in [2.45, 2.75) is 69.5 Å². The highest BCUT2D eigenvalue weighted by Crippen LogP contribution is 2.42. The highest BCUT2D eigenvalue weighted by Gasteiger charge is 2.38. The molecule has 10 heteroatoms. The Morgan fingerprint density at radius 2 is 1.93 bits per heavy atom. The Morgan fingerprint density at radius 1 is 1.09 bits per heavy atom. The van der Waals surface area contributed by atoms with Gasteiger partial charge in [-0.15, -0.1) is 0 Å². The number of hydrogen-bond acceptors (Lipinski definition) is 7. The maximum Gasteiger partial charge on any atom is 0.264 e. The van der Waals surface area contributed by atoms with Gasteiger partial charge in [0.25, 0.3) is 10.0 Å². The van der Waals surface area contributed by atoms with Crippen molar-refractivity contribution in [3.05, 3.63) is 64.7 Å². The van der Waals surface area contributed by atoms with E-state index in [1.807, 2.05) is 25.1 Å². The minimum Gasteiger partial charge on any atom is -0.487 e. The number of hydrogen-bond donors (Lipinski definition) is 1. The second-order valence-electron chi connectivity index (χ2n) is 12.4. The van der Waals surface area contributed by atoms with E-state index in [1.54, 1.807) is 26.4 Å². The highest BCUT2D eigenvalue weighted by molar-refractivity contribution is 7.90. The SMILES string of the molecule is COCC[C@H]1C(=O)NS(=O)(=O)c2ccc3c(c2)N(CCCCc2cc(Cl)ccc2CO3)C[C@@H]2CC[C@H]2[C@H](OC)/C=C/C[C@@H]1C. The van der Waals surface area contributed by atoms with Crippen LogP contribution in [0.2, 0.25) is 5.02 Å². The van der Waals surface area contributed by atoms with Crippen molar-refractivity contribution < 1.29 is 27.4 Å². The molecule has 1 fully saturated rings. The van der Waals surface area contributed by atoms with Crippen LogP contribution in [-0.4, -0.2) is 54.3 Å². The highest BCUT2D eigenvalue weighted by atomic mass is 35.5. The van der Waals surface area contributed by atoms with Gasteiger partial charge in [0.15, 0.2) is 0 Å². The minimum absolute atomic E-state index is 0.0225. The number of fused-ring (bicyclic) bond motifs is 3. The van der Waals surface area contributed by atoms with Gasteiger partial charge < -0.3 is 19.1 Å². The van der Waals surface area contributed by atoms with Crippen LogP contribution >= 0.6 is 11.6 Å². The fraction of sp³-hybridized carbons (Fsp3) is 0.559. The number of carbonyl (C=O) groups excluding carboxylic acids is 1. The van der Waals surface area contributed by atoms with E-state index in [2.05, 4.69) is 21.8 Å². The molecule has 8 nitrogen and oxygen atoms in total. The summed E-state index contributed by atoms with van der Waals surface area (Å²) in [6, 6.07) is 10.8. The van der Waals surface area contributed by atoms with Crippen LogP contribution in [0.3, 0.4) is 0 Å². The van der Waals surface area contributed by atoms with Gasteiger partial charge in [-0.1, -0.05) is 36.7 Å². The lowest BCUT2D eigenvalue weighted by Crippen LogP contribution is -2.44. The van der Waals surface area contributed by atoms with E-state index in [-0.39, 0.29) is 16.9 Å². The molecule has 0 radical (unpaired) electrons. The standard InChI is InChI=1S/C34H45ClN2O6S/c1-23-7-6-9-32(42-3)30-14-11-25(30)21-37-17-5-4-8-24-19-27(35)12-10-26(24)22-43-33-15-13-28(20-31(33)37)44(39,40)36-34(38)29(23)16-18-41-2/h6,9-10,12-13,15,19-20,23,25,29-30,32H,4-5,7-8,11,14,16-18,21-22H2,1-3H3,(H,36,38)/b9-6+/t23-,25-,29+,30+,32+/m0/s1. The third-order valence-corrected chi connectivity index (χ3v) is 11.2. The summed E-state index contributed by atoms with van der Waals surface area (Å²) >= 11 is 6.33. The van der Waals surface area contributed by atoms with E-state index in [9.17, 15) is 13.2 Å². The number of benzene rings is 2. The summed E-state index contributed by atoms with van der Waals surface area (Å²) < 4.78 is 47.4. The Labute approximate surface area is 267 Å². The number of halogens is 1. The van der Waals surface area contributed by atoms with Crippen LogP contribution < -0.4 is 14.4 Å². The quantitative estimate of drug-likeness (QED) is 0.399. The third kappa shape index (κ3) is 7.61. The summed E-state index contributed by atoms with van der Waals surface area (Å²) in [6.07, 6.45) is 10.2. The maximum absolute atomic E-state index is 13.7. The molecule has 44 heavy (non-hydrogen) atoms. The van der Waals surface area contributed by atoms with Crippen LogP contribution in [0.15, 0.2) is 53.4 Å². The molecule has 1 aliphatic carbocycles. The number of amides is 1. The number of anilines is 1. The number of methoxy groups -OCH3 is 2. The lowest BCUT2D eigenvalue weighted by molar-refractivity contribution is -0.125. The smallest absolute Gasteiger partial charge is 0.264 e. The number of sulfonamides is 1.